The van der Waals surface area contributed by atoms with Crippen LogP contribution in [-0.4, -0.2) is 31.1 Å². The van der Waals surface area contributed by atoms with E-state index in [0.717, 1.165) is 19.3 Å². The third kappa shape index (κ3) is 4.98. The molecule has 2 saturated carbocycles. The molecule has 24 heavy (non-hydrogen) atoms. The van der Waals surface area contributed by atoms with Crippen LogP contribution in [0.25, 0.3) is 0 Å². The molecule has 0 bridgehead atoms. The summed E-state index contributed by atoms with van der Waals surface area (Å²) in [6, 6.07) is 10.6. The number of rotatable bonds is 7. The van der Waals surface area contributed by atoms with E-state index in [1.54, 1.807) is 0 Å². The number of carbonyl (C=O) groups is 2. The molecular formula is C19H27N3O2. The number of amides is 3. The van der Waals surface area contributed by atoms with Crippen molar-refractivity contribution >= 4 is 11.9 Å². The zero-order valence-corrected chi connectivity index (χ0v) is 14.1. The van der Waals surface area contributed by atoms with E-state index in [0.29, 0.717) is 37.4 Å². The van der Waals surface area contributed by atoms with Crippen molar-refractivity contribution in [2.75, 3.05) is 13.1 Å². The standard InChI is InChI=1S/C19H27N3O2/c23-18(22-16-8-4-5-9-16)10-11-20-19(24)21-13-15-12-17(15)14-6-2-1-3-7-14/h1-3,6-7,15-17H,4-5,8-13H2,(H,22,23)(H2,20,21,24)/t15-,17-/m0/s1. The lowest BCUT2D eigenvalue weighted by Crippen LogP contribution is -2.40. The third-order valence-electron chi connectivity index (χ3n) is 5.03. The predicted molar refractivity (Wildman–Crippen MR) is 93.7 cm³/mol. The van der Waals surface area contributed by atoms with Gasteiger partial charge in [0.05, 0.1) is 0 Å². The van der Waals surface area contributed by atoms with Crippen LogP contribution in [0, 0.1) is 5.92 Å². The van der Waals surface area contributed by atoms with Crippen molar-refractivity contribution in [3.63, 3.8) is 0 Å². The number of nitrogens with one attached hydrogen (secondary N) is 3. The molecule has 5 nitrogen and oxygen atoms in total. The zero-order valence-electron chi connectivity index (χ0n) is 14.1. The van der Waals surface area contributed by atoms with Crippen LogP contribution in [-0.2, 0) is 4.79 Å². The first-order chi connectivity index (χ1) is 11.7. The fourth-order valence-electron chi connectivity index (χ4n) is 3.53. The lowest BCUT2D eigenvalue weighted by atomic mass is 10.1. The summed E-state index contributed by atoms with van der Waals surface area (Å²) in [5, 5.41) is 8.70. The predicted octanol–water partition coefficient (Wildman–Crippen LogP) is 2.54. The quantitative estimate of drug-likeness (QED) is 0.719. The van der Waals surface area contributed by atoms with E-state index in [4.69, 9.17) is 0 Å². The second kappa shape index (κ2) is 8.18. The van der Waals surface area contributed by atoms with Gasteiger partial charge in [0.25, 0.3) is 0 Å². The Morgan fingerprint density at radius 3 is 2.54 bits per heavy atom. The smallest absolute Gasteiger partial charge is 0.314 e. The first-order valence-electron chi connectivity index (χ1n) is 9.08. The molecule has 5 heteroatoms. The van der Waals surface area contributed by atoms with Gasteiger partial charge in [-0.25, -0.2) is 4.79 Å². The van der Waals surface area contributed by atoms with Gasteiger partial charge in [-0.3, -0.25) is 4.79 Å². The maximum Gasteiger partial charge on any atom is 0.314 e. The van der Waals surface area contributed by atoms with Crippen LogP contribution in [0.4, 0.5) is 4.79 Å². The maximum atomic E-state index is 11.8. The number of carbonyl (C=O) groups excluding carboxylic acids is 2. The molecule has 0 spiro atoms. The highest BCUT2D eigenvalue weighted by molar-refractivity contribution is 5.78. The molecule has 3 N–H and O–H groups in total. The van der Waals surface area contributed by atoms with Crippen molar-refractivity contribution in [3.8, 4) is 0 Å². The minimum absolute atomic E-state index is 0.0357. The Morgan fingerprint density at radius 1 is 1.04 bits per heavy atom. The Hall–Kier alpha value is -2.04. The van der Waals surface area contributed by atoms with E-state index in [9.17, 15) is 9.59 Å². The van der Waals surface area contributed by atoms with E-state index in [1.807, 2.05) is 6.07 Å². The van der Waals surface area contributed by atoms with E-state index in [-0.39, 0.29) is 11.9 Å². The maximum absolute atomic E-state index is 11.8. The summed E-state index contributed by atoms with van der Waals surface area (Å²) in [5.41, 5.74) is 1.35. The molecule has 130 valence electrons. The van der Waals surface area contributed by atoms with Gasteiger partial charge in [-0.15, -0.1) is 0 Å². The summed E-state index contributed by atoms with van der Waals surface area (Å²) < 4.78 is 0. The Kier molecular flexibility index (Phi) is 5.72. The molecule has 1 aromatic carbocycles. The van der Waals surface area contributed by atoms with Gasteiger partial charge in [-0.2, -0.15) is 0 Å². The highest BCUT2D eigenvalue weighted by Gasteiger charge is 2.37. The SMILES string of the molecule is O=C(CCNC(=O)NC[C@@H]1C[C@H]1c1ccccc1)NC1CCCC1. The van der Waals surface area contributed by atoms with Gasteiger partial charge in [-0.05, 0) is 36.7 Å². The van der Waals surface area contributed by atoms with Crippen molar-refractivity contribution in [3.05, 3.63) is 35.9 Å². The fraction of sp³-hybridized carbons (Fsp3) is 0.579. The second-order valence-electron chi connectivity index (χ2n) is 6.95. The molecule has 2 aliphatic rings. The van der Waals surface area contributed by atoms with Gasteiger partial charge >= 0.3 is 6.03 Å². The molecule has 0 heterocycles. The molecular weight excluding hydrogens is 302 g/mol. The molecule has 0 saturated heterocycles. The van der Waals surface area contributed by atoms with Gasteiger partial charge in [0, 0.05) is 25.6 Å². The Balaban J connectivity index is 1.25. The normalized spacial score (nSPS) is 22.8. The molecule has 0 aromatic heterocycles. The van der Waals surface area contributed by atoms with E-state index >= 15 is 0 Å². The summed E-state index contributed by atoms with van der Waals surface area (Å²) >= 11 is 0. The Morgan fingerprint density at radius 2 is 1.79 bits per heavy atom. The van der Waals surface area contributed by atoms with Gasteiger partial charge in [0.1, 0.15) is 0 Å². The van der Waals surface area contributed by atoms with E-state index in [1.165, 1.54) is 18.4 Å². The number of hydrogen-bond acceptors (Lipinski definition) is 2. The molecule has 3 amide bonds. The highest BCUT2D eigenvalue weighted by atomic mass is 16.2. The van der Waals surface area contributed by atoms with Crippen LogP contribution in [0.1, 0.15) is 50.0 Å². The van der Waals surface area contributed by atoms with Crippen LogP contribution in [0.3, 0.4) is 0 Å². The van der Waals surface area contributed by atoms with Gasteiger partial charge in [0.2, 0.25) is 5.91 Å². The van der Waals surface area contributed by atoms with Crippen molar-refractivity contribution in [1.82, 2.24) is 16.0 Å². The number of urea groups is 1. The highest BCUT2D eigenvalue weighted by Crippen LogP contribution is 2.46. The second-order valence-corrected chi connectivity index (χ2v) is 6.95. The van der Waals surface area contributed by atoms with Crippen molar-refractivity contribution in [2.24, 2.45) is 5.92 Å². The summed E-state index contributed by atoms with van der Waals surface area (Å²) in [5.74, 6) is 1.14. The molecule has 2 atom stereocenters. The van der Waals surface area contributed by atoms with Crippen LogP contribution >= 0.6 is 0 Å². The molecule has 3 rings (SSSR count). The van der Waals surface area contributed by atoms with E-state index < -0.39 is 0 Å². The van der Waals surface area contributed by atoms with Gasteiger partial charge in [-0.1, -0.05) is 43.2 Å². The lowest BCUT2D eigenvalue weighted by Gasteiger charge is -2.12. The minimum atomic E-state index is -0.178. The monoisotopic (exact) mass is 329 g/mol. The first-order valence-corrected chi connectivity index (χ1v) is 9.08. The van der Waals surface area contributed by atoms with Crippen molar-refractivity contribution in [2.45, 2.75) is 50.5 Å². The summed E-state index contributed by atoms with van der Waals surface area (Å²) in [4.78, 5) is 23.6. The Bertz CT molecular complexity index is 555. The van der Waals surface area contributed by atoms with Crippen LogP contribution < -0.4 is 16.0 Å². The van der Waals surface area contributed by atoms with Crippen molar-refractivity contribution in [1.29, 1.82) is 0 Å². The molecule has 2 aliphatic carbocycles. The third-order valence-corrected chi connectivity index (χ3v) is 5.03. The summed E-state index contributed by atoms with van der Waals surface area (Å²) in [6.45, 7) is 1.08. The average Bonchev–Trinajstić information content (AvgIpc) is 3.20. The molecule has 0 unspecified atom stereocenters. The number of hydrogen-bond donors (Lipinski definition) is 3. The average molecular weight is 329 g/mol. The van der Waals surface area contributed by atoms with Gasteiger partial charge in [0.15, 0.2) is 0 Å². The van der Waals surface area contributed by atoms with Gasteiger partial charge < -0.3 is 16.0 Å². The molecule has 1 aromatic rings. The topological polar surface area (TPSA) is 70.2 Å². The molecule has 0 radical (unpaired) electrons. The van der Waals surface area contributed by atoms with Crippen molar-refractivity contribution < 1.29 is 9.59 Å². The lowest BCUT2D eigenvalue weighted by molar-refractivity contribution is -0.121. The number of benzene rings is 1. The summed E-state index contributed by atoms with van der Waals surface area (Å²) in [6.07, 6.45) is 6.06. The fourth-order valence-corrected chi connectivity index (χ4v) is 3.53. The van der Waals surface area contributed by atoms with Crippen LogP contribution in [0.15, 0.2) is 30.3 Å². The first kappa shape index (κ1) is 16.8. The van der Waals surface area contributed by atoms with Crippen LogP contribution in [0.5, 0.6) is 0 Å². The van der Waals surface area contributed by atoms with Crippen LogP contribution in [0.2, 0.25) is 0 Å². The molecule has 2 fully saturated rings. The Labute approximate surface area is 143 Å². The summed E-state index contributed by atoms with van der Waals surface area (Å²) in [7, 11) is 0. The largest absolute Gasteiger partial charge is 0.353 e. The van der Waals surface area contributed by atoms with E-state index in [2.05, 4.69) is 40.2 Å². The minimum Gasteiger partial charge on any atom is -0.353 e. The molecule has 0 aliphatic heterocycles. The zero-order chi connectivity index (χ0) is 16.8.